The monoisotopic (exact) mass is 577 g/mol. The van der Waals surface area contributed by atoms with Crippen molar-refractivity contribution in [2.45, 2.75) is 49.8 Å². The van der Waals surface area contributed by atoms with Crippen molar-refractivity contribution in [2.75, 3.05) is 19.6 Å². The van der Waals surface area contributed by atoms with Crippen LogP contribution in [-0.4, -0.2) is 65.1 Å². The summed E-state index contributed by atoms with van der Waals surface area (Å²) in [5.41, 5.74) is 1.51. The van der Waals surface area contributed by atoms with Gasteiger partial charge in [0.15, 0.2) is 0 Å². The third kappa shape index (κ3) is 6.70. The second-order valence-electron chi connectivity index (χ2n) is 9.86. The molecule has 4 rings (SSSR count). The van der Waals surface area contributed by atoms with Crippen LogP contribution in [0.5, 0.6) is 0 Å². The number of sulfonamides is 1. The molecule has 0 unspecified atom stereocenters. The zero-order valence-corrected chi connectivity index (χ0v) is 22.8. The summed E-state index contributed by atoms with van der Waals surface area (Å²) in [4.78, 5) is 34.1. The molecule has 2 heterocycles. The largest absolute Gasteiger partial charge is 0.416 e. The Balaban J connectivity index is 1.56. The van der Waals surface area contributed by atoms with E-state index in [4.69, 9.17) is 0 Å². The highest BCUT2D eigenvalue weighted by Crippen LogP contribution is 2.31. The number of rotatable bonds is 8. The number of amides is 2. The molecule has 3 aromatic rings. The van der Waals surface area contributed by atoms with Crippen LogP contribution in [0.3, 0.4) is 0 Å². The van der Waals surface area contributed by atoms with Gasteiger partial charge in [-0.3, -0.25) is 9.59 Å². The van der Waals surface area contributed by atoms with E-state index in [2.05, 4.69) is 29.1 Å². The quantitative estimate of drug-likeness (QED) is 0.426. The van der Waals surface area contributed by atoms with Crippen LogP contribution in [0.4, 0.5) is 13.2 Å². The number of carbonyl (C=O) groups excluding carboxylic acids is 2. The third-order valence-corrected chi connectivity index (χ3v) is 8.71. The number of aromatic nitrogens is 2. The molecule has 1 saturated heterocycles. The standard InChI is InChI=1S/C27H30F3N5O4S/c1-18(2)20-5-3-19(4-6-20)14-32-26(37)24-16-34(25(36)13-22-15-31-17-33-22)11-12-35(24)40(38,39)23-9-7-21(8-10-23)27(28,29)30/h3-10,15,17-18,24H,11-14,16H2,1-2H3,(H,31,33)(H,32,37)/t24-/m1/s1. The highest BCUT2D eigenvalue weighted by atomic mass is 32.2. The Hall–Kier alpha value is -3.71. The van der Waals surface area contributed by atoms with Crippen molar-refractivity contribution in [3.8, 4) is 0 Å². The fraction of sp³-hybridized carbons (Fsp3) is 0.370. The van der Waals surface area contributed by atoms with Crippen molar-refractivity contribution < 1.29 is 31.2 Å². The molecule has 2 aromatic carbocycles. The highest BCUT2D eigenvalue weighted by molar-refractivity contribution is 7.89. The lowest BCUT2D eigenvalue weighted by Gasteiger charge is -2.39. The van der Waals surface area contributed by atoms with E-state index in [0.29, 0.717) is 23.7 Å². The van der Waals surface area contributed by atoms with Crippen LogP contribution < -0.4 is 5.32 Å². The molecule has 0 spiro atoms. The van der Waals surface area contributed by atoms with Crippen molar-refractivity contribution in [2.24, 2.45) is 0 Å². The van der Waals surface area contributed by atoms with E-state index in [0.717, 1.165) is 27.6 Å². The number of hydrogen-bond acceptors (Lipinski definition) is 5. The molecule has 0 aliphatic carbocycles. The Morgan fingerprint density at radius 1 is 1.07 bits per heavy atom. The van der Waals surface area contributed by atoms with Crippen molar-refractivity contribution in [1.82, 2.24) is 24.5 Å². The van der Waals surface area contributed by atoms with E-state index in [1.54, 1.807) is 0 Å². The molecule has 1 atom stereocenters. The van der Waals surface area contributed by atoms with E-state index in [1.807, 2.05) is 24.3 Å². The van der Waals surface area contributed by atoms with Crippen molar-refractivity contribution in [3.63, 3.8) is 0 Å². The normalized spacial score (nSPS) is 16.8. The summed E-state index contributed by atoms with van der Waals surface area (Å²) in [6, 6.07) is 9.47. The molecule has 214 valence electrons. The molecule has 9 nitrogen and oxygen atoms in total. The van der Waals surface area contributed by atoms with Crippen LogP contribution in [0.15, 0.2) is 66.0 Å². The molecule has 1 fully saturated rings. The molecule has 13 heteroatoms. The van der Waals surface area contributed by atoms with E-state index in [9.17, 15) is 31.2 Å². The number of aromatic amines is 1. The van der Waals surface area contributed by atoms with Gasteiger partial charge in [-0.05, 0) is 41.3 Å². The Morgan fingerprint density at radius 3 is 2.33 bits per heavy atom. The minimum absolute atomic E-state index is 0.00722. The number of nitrogens with one attached hydrogen (secondary N) is 2. The summed E-state index contributed by atoms with van der Waals surface area (Å²) in [5.74, 6) is -0.611. The van der Waals surface area contributed by atoms with E-state index >= 15 is 0 Å². The number of H-pyrrole nitrogens is 1. The number of piperazine rings is 1. The zero-order chi connectivity index (χ0) is 29.1. The van der Waals surface area contributed by atoms with Crippen LogP contribution >= 0.6 is 0 Å². The molecule has 2 N–H and O–H groups in total. The number of benzene rings is 2. The average Bonchev–Trinajstić information content (AvgIpc) is 3.44. The first-order valence-electron chi connectivity index (χ1n) is 12.7. The lowest BCUT2D eigenvalue weighted by molar-refractivity contribution is -0.138. The van der Waals surface area contributed by atoms with Gasteiger partial charge in [0.1, 0.15) is 6.04 Å². The molecule has 1 aliphatic heterocycles. The SMILES string of the molecule is CC(C)c1ccc(CNC(=O)[C@H]2CN(C(=O)Cc3cnc[nH]3)CCN2S(=O)(=O)c2ccc(C(F)(F)F)cc2)cc1. The first-order valence-corrected chi connectivity index (χ1v) is 14.1. The smallest absolute Gasteiger partial charge is 0.351 e. The molecule has 1 aliphatic rings. The second-order valence-corrected chi connectivity index (χ2v) is 11.8. The predicted octanol–water partition coefficient (Wildman–Crippen LogP) is 3.31. The minimum Gasteiger partial charge on any atom is -0.351 e. The fourth-order valence-electron chi connectivity index (χ4n) is 4.43. The fourth-order valence-corrected chi connectivity index (χ4v) is 6.00. The summed E-state index contributed by atoms with van der Waals surface area (Å²) >= 11 is 0. The van der Waals surface area contributed by atoms with Crippen molar-refractivity contribution in [1.29, 1.82) is 0 Å². The molecule has 0 bridgehead atoms. The first kappa shape index (κ1) is 29.3. The number of halogens is 3. The number of carbonyl (C=O) groups is 2. The van der Waals surface area contributed by atoms with Gasteiger partial charge < -0.3 is 15.2 Å². The summed E-state index contributed by atoms with van der Waals surface area (Å²) in [6.07, 6.45) is -1.71. The molecular weight excluding hydrogens is 547 g/mol. The Bertz CT molecular complexity index is 1420. The first-order chi connectivity index (χ1) is 18.9. The lowest BCUT2D eigenvalue weighted by Crippen LogP contribution is -2.61. The summed E-state index contributed by atoms with van der Waals surface area (Å²) < 4.78 is 67.1. The predicted molar refractivity (Wildman–Crippen MR) is 140 cm³/mol. The maximum atomic E-state index is 13.5. The van der Waals surface area contributed by atoms with Crippen LogP contribution in [0.1, 0.15) is 42.1 Å². The zero-order valence-electron chi connectivity index (χ0n) is 22.0. The molecule has 0 saturated carbocycles. The van der Waals surface area contributed by atoms with Gasteiger partial charge in [0, 0.05) is 38.1 Å². The molecule has 40 heavy (non-hydrogen) atoms. The number of nitrogens with zero attached hydrogens (tertiary/aromatic N) is 3. The topological polar surface area (TPSA) is 115 Å². The average molecular weight is 578 g/mol. The lowest BCUT2D eigenvalue weighted by atomic mass is 10.0. The highest BCUT2D eigenvalue weighted by Gasteiger charge is 2.41. The van der Waals surface area contributed by atoms with Gasteiger partial charge in [0.2, 0.25) is 21.8 Å². The van der Waals surface area contributed by atoms with Crippen LogP contribution in [0, 0.1) is 0 Å². The summed E-state index contributed by atoms with van der Waals surface area (Å²) in [6.45, 7) is 3.83. The minimum atomic E-state index is -4.63. The Kier molecular flexibility index (Phi) is 8.64. The Morgan fingerprint density at radius 2 is 1.75 bits per heavy atom. The maximum Gasteiger partial charge on any atom is 0.416 e. The number of imidazole rings is 1. The van der Waals surface area contributed by atoms with Crippen molar-refractivity contribution in [3.05, 3.63) is 83.4 Å². The second kappa shape index (κ2) is 11.8. The van der Waals surface area contributed by atoms with Gasteiger partial charge in [-0.1, -0.05) is 38.1 Å². The number of alkyl halides is 3. The van der Waals surface area contributed by atoms with Gasteiger partial charge in [-0.25, -0.2) is 13.4 Å². The van der Waals surface area contributed by atoms with Crippen molar-refractivity contribution >= 4 is 21.8 Å². The summed E-state index contributed by atoms with van der Waals surface area (Å²) in [7, 11) is -4.36. The van der Waals surface area contributed by atoms with Crippen LogP contribution in [0.2, 0.25) is 0 Å². The van der Waals surface area contributed by atoms with Gasteiger partial charge in [0.25, 0.3) is 0 Å². The maximum absolute atomic E-state index is 13.5. The van der Waals surface area contributed by atoms with Gasteiger partial charge in [0.05, 0.1) is 23.2 Å². The molecule has 1 aromatic heterocycles. The number of hydrogen-bond donors (Lipinski definition) is 2. The molecule has 2 amide bonds. The van der Waals surface area contributed by atoms with E-state index < -0.39 is 33.7 Å². The van der Waals surface area contributed by atoms with E-state index in [1.165, 1.54) is 17.4 Å². The molecular formula is C27H30F3N5O4S. The van der Waals surface area contributed by atoms with E-state index in [-0.39, 0.29) is 43.4 Å². The summed E-state index contributed by atoms with van der Waals surface area (Å²) in [5, 5.41) is 2.76. The third-order valence-electron chi connectivity index (χ3n) is 6.78. The van der Waals surface area contributed by atoms with Gasteiger partial charge >= 0.3 is 6.18 Å². The molecule has 0 radical (unpaired) electrons. The Labute approximate surface area is 230 Å². The van der Waals surface area contributed by atoms with Crippen LogP contribution in [0.25, 0.3) is 0 Å². The van der Waals surface area contributed by atoms with Crippen LogP contribution in [-0.2, 0) is 38.8 Å². The van der Waals surface area contributed by atoms with Gasteiger partial charge in [-0.15, -0.1) is 0 Å². The van der Waals surface area contributed by atoms with Gasteiger partial charge in [-0.2, -0.15) is 17.5 Å².